The van der Waals surface area contributed by atoms with Gasteiger partial charge in [-0.1, -0.05) is 12.2 Å². The molecule has 0 fully saturated rings. The van der Waals surface area contributed by atoms with Gasteiger partial charge in [-0.15, -0.1) is 11.3 Å². The van der Waals surface area contributed by atoms with Crippen molar-refractivity contribution in [1.29, 1.82) is 0 Å². The van der Waals surface area contributed by atoms with Crippen molar-refractivity contribution in [3.8, 4) is 0 Å². The van der Waals surface area contributed by atoms with Crippen LogP contribution in [0.2, 0.25) is 0 Å². The fourth-order valence-corrected chi connectivity index (χ4v) is 1.76. The predicted molar refractivity (Wildman–Crippen MR) is 60.1 cm³/mol. The molecule has 76 valence electrons. The number of hydrogen-bond acceptors (Lipinski definition) is 4. The highest BCUT2D eigenvalue weighted by molar-refractivity contribution is 7.80. The average molecular weight is 229 g/mol. The van der Waals surface area contributed by atoms with Crippen LogP contribution in [0.3, 0.4) is 0 Å². The monoisotopic (exact) mass is 229 g/mol. The second-order valence-corrected chi connectivity index (χ2v) is 4.61. The van der Waals surface area contributed by atoms with Gasteiger partial charge in [-0.2, -0.15) is 0 Å². The first kappa shape index (κ1) is 11.1. The van der Waals surface area contributed by atoms with Crippen molar-refractivity contribution in [2.75, 3.05) is 0 Å². The third-order valence-corrected chi connectivity index (χ3v) is 2.52. The first-order valence-electron chi connectivity index (χ1n) is 4.04. The molecule has 0 spiro atoms. The molecule has 1 aromatic rings. The van der Waals surface area contributed by atoms with E-state index in [0.717, 1.165) is 9.88 Å². The topological polar surface area (TPSA) is 68.0 Å². The number of nitrogens with zero attached hydrogens (tertiary/aromatic N) is 1. The van der Waals surface area contributed by atoms with E-state index in [1.165, 1.54) is 0 Å². The summed E-state index contributed by atoms with van der Waals surface area (Å²) < 4.78 is 0. The minimum absolute atomic E-state index is 0.104. The van der Waals surface area contributed by atoms with E-state index in [1.807, 2.05) is 6.92 Å². The largest absolute Gasteiger partial charge is 0.393 e. The first-order valence-corrected chi connectivity index (χ1v) is 5.26. The van der Waals surface area contributed by atoms with Crippen LogP contribution >= 0.6 is 23.6 Å². The minimum Gasteiger partial charge on any atom is -0.393 e. The van der Waals surface area contributed by atoms with Crippen LogP contribution in [-0.2, 0) is 11.3 Å². The molecule has 0 saturated heterocycles. The van der Waals surface area contributed by atoms with E-state index in [0.29, 0.717) is 6.54 Å². The van der Waals surface area contributed by atoms with Gasteiger partial charge in [-0.25, -0.2) is 4.98 Å². The van der Waals surface area contributed by atoms with Crippen LogP contribution in [0.5, 0.6) is 0 Å². The average Bonchev–Trinajstić information content (AvgIpc) is 2.47. The Balaban J connectivity index is 2.34. The SMILES string of the molecule is Cc1ncc(CNC(=O)CC(N)=S)s1. The second kappa shape index (κ2) is 5.02. The molecule has 14 heavy (non-hydrogen) atoms. The van der Waals surface area contributed by atoms with Crippen molar-refractivity contribution in [1.82, 2.24) is 10.3 Å². The number of thiazole rings is 1. The summed E-state index contributed by atoms with van der Waals surface area (Å²) >= 11 is 6.17. The van der Waals surface area contributed by atoms with Gasteiger partial charge in [0.05, 0.1) is 23.0 Å². The summed E-state index contributed by atoms with van der Waals surface area (Å²) in [5, 5.41) is 3.70. The molecular weight excluding hydrogens is 218 g/mol. The molecule has 3 N–H and O–H groups in total. The highest BCUT2D eigenvalue weighted by atomic mass is 32.1. The van der Waals surface area contributed by atoms with Crippen molar-refractivity contribution in [2.24, 2.45) is 5.73 Å². The van der Waals surface area contributed by atoms with Gasteiger partial charge in [0.15, 0.2) is 0 Å². The number of rotatable bonds is 4. The molecule has 0 radical (unpaired) electrons. The lowest BCUT2D eigenvalue weighted by Crippen LogP contribution is -2.26. The molecule has 0 aliphatic carbocycles. The highest BCUT2D eigenvalue weighted by Gasteiger charge is 2.03. The van der Waals surface area contributed by atoms with Crippen molar-refractivity contribution >= 4 is 34.5 Å². The quantitative estimate of drug-likeness (QED) is 0.747. The molecular formula is C8H11N3OS2. The summed E-state index contributed by atoms with van der Waals surface area (Å²) in [5.41, 5.74) is 5.23. The Kier molecular flexibility index (Phi) is 3.97. The zero-order chi connectivity index (χ0) is 10.6. The van der Waals surface area contributed by atoms with Crippen LogP contribution in [0, 0.1) is 6.92 Å². The molecule has 0 atom stereocenters. The van der Waals surface area contributed by atoms with Crippen LogP contribution < -0.4 is 11.1 Å². The van der Waals surface area contributed by atoms with E-state index in [9.17, 15) is 4.79 Å². The van der Waals surface area contributed by atoms with Gasteiger partial charge in [-0.05, 0) is 6.92 Å². The summed E-state index contributed by atoms with van der Waals surface area (Å²) in [6, 6.07) is 0. The molecule has 1 rings (SSSR count). The highest BCUT2D eigenvalue weighted by Crippen LogP contribution is 2.10. The molecule has 1 heterocycles. The third kappa shape index (κ3) is 3.80. The van der Waals surface area contributed by atoms with Crippen molar-refractivity contribution < 1.29 is 4.79 Å². The Labute approximate surface area is 91.5 Å². The number of nitrogens with one attached hydrogen (secondary N) is 1. The van der Waals surface area contributed by atoms with E-state index in [2.05, 4.69) is 22.5 Å². The number of aromatic nitrogens is 1. The minimum atomic E-state index is -0.149. The third-order valence-electron chi connectivity index (χ3n) is 1.46. The molecule has 4 nitrogen and oxygen atoms in total. The van der Waals surface area contributed by atoms with Crippen LogP contribution in [0.1, 0.15) is 16.3 Å². The fraction of sp³-hybridized carbons (Fsp3) is 0.375. The van der Waals surface area contributed by atoms with E-state index in [-0.39, 0.29) is 17.3 Å². The molecule has 0 aromatic carbocycles. The lowest BCUT2D eigenvalue weighted by Gasteiger charge is -2.01. The number of amides is 1. The number of thiocarbonyl (C=S) groups is 1. The summed E-state index contributed by atoms with van der Waals surface area (Å²) in [6.07, 6.45) is 1.86. The Hall–Kier alpha value is -1.01. The normalized spacial score (nSPS) is 9.79. The zero-order valence-corrected chi connectivity index (χ0v) is 9.37. The van der Waals surface area contributed by atoms with Gasteiger partial charge >= 0.3 is 0 Å². The zero-order valence-electron chi connectivity index (χ0n) is 7.74. The Morgan fingerprint density at radius 2 is 2.50 bits per heavy atom. The maximum Gasteiger partial charge on any atom is 0.227 e. The van der Waals surface area contributed by atoms with Crippen LogP contribution in [0.4, 0.5) is 0 Å². The number of carbonyl (C=O) groups is 1. The maximum atomic E-state index is 11.1. The number of nitrogens with two attached hydrogens (primary N) is 1. The van der Waals surface area contributed by atoms with E-state index < -0.39 is 0 Å². The summed E-state index contributed by atoms with van der Waals surface area (Å²) in [7, 11) is 0. The Morgan fingerprint density at radius 3 is 3.00 bits per heavy atom. The van der Waals surface area contributed by atoms with E-state index >= 15 is 0 Å². The summed E-state index contributed by atoms with van der Waals surface area (Å²) in [4.78, 5) is 16.4. The lowest BCUT2D eigenvalue weighted by atomic mass is 10.4. The number of hydrogen-bond donors (Lipinski definition) is 2. The van der Waals surface area contributed by atoms with Crippen LogP contribution in [0.25, 0.3) is 0 Å². The van der Waals surface area contributed by atoms with Crippen molar-refractivity contribution in [3.63, 3.8) is 0 Å². The molecule has 0 unspecified atom stereocenters. The van der Waals surface area contributed by atoms with Gasteiger partial charge < -0.3 is 11.1 Å². The molecule has 0 aliphatic heterocycles. The van der Waals surface area contributed by atoms with Gasteiger partial charge in [0, 0.05) is 11.1 Å². The molecule has 1 aromatic heterocycles. The van der Waals surface area contributed by atoms with Crippen molar-refractivity contribution in [2.45, 2.75) is 19.9 Å². The first-order chi connectivity index (χ1) is 6.58. The summed E-state index contributed by atoms with van der Waals surface area (Å²) in [6.45, 7) is 2.41. The fourth-order valence-electron chi connectivity index (χ4n) is 0.893. The molecule has 1 amide bonds. The second-order valence-electron chi connectivity index (χ2n) is 2.77. The molecule has 0 bridgehead atoms. The van der Waals surface area contributed by atoms with E-state index in [1.54, 1.807) is 17.5 Å². The molecule has 0 aliphatic rings. The van der Waals surface area contributed by atoms with Gasteiger partial charge in [0.2, 0.25) is 5.91 Å². The van der Waals surface area contributed by atoms with E-state index in [4.69, 9.17) is 5.73 Å². The standard InChI is InChI=1S/C8H11N3OS2/c1-5-10-3-6(14-5)4-11-8(12)2-7(9)13/h3H,2,4H2,1H3,(H2,9,13)(H,11,12). The maximum absolute atomic E-state index is 11.1. The Bertz CT molecular complexity index is 348. The van der Waals surface area contributed by atoms with Crippen LogP contribution in [0.15, 0.2) is 6.20 Å². The number of aryl methyl sites for hydroxylation is 1. The predicted octanol–water partition coefficient (Wildman–Crippen LogP) is 0.744. The van der Waals surface area contributed by atoms with Gasteiger partial charge in [0.25, 0.3) is 0 Å². The number of carbonyl (C=O) groups excluding carboxylic acids is 1. The smallest absolute Gasteiger partial charge is 0.227 e. The molecule has 6 heteroatoms. The van der Waals surface area contributed by atoms with Gasteiger partial charge in [-0.3, -0.25) is 4.79 Å². The van der Waals surface area contributed by atoms with Gasteiger partial charge in [0.1, 0.15) is 0 Å². The Morgan fingerprint density at radius 1 is 1.79 bits per heavy atom. The van der Waals surface area contributed by atoms with Crippen molar-refractivity contribution in [3.05, 3.63) is 16.1 Å². The lowest BCUT2D eigenvalue weighted by molar-refractivity contribution is -0.120. The van der Waals surface area contributed by atoms with Crippen LogP contribution in [-0.4, -0.2) is 15.9 Å². The molecule has 0 saturated carbocycles. The summed E-state index contributed by atoms with van der Waals surface area (Å²) in [5.74, 6) is -0.149.